The summed E-state index contributed by atoms with van der Waals surface area (Å²) in [5, 5.41) is 7.80. The molecule has 0 N–H and O–H groups in total. The maximum absolute atomic E-state index is 6.82. The van der Waals surface area contributed by atoms with E-state index in [0.717, 1.165) is 22.2 Å². The molecule has 0 fully saturated rings. The zero-order chi connectivity index (χ0) is 25.8. The Morgan fingerprint density at radius 1 is 0.778 bits per heavy atom. The molecule has 0 bridgehead atoms. The summed E-state index contributed by atoms with van der Waals surface area (Å²) in [7, 11) is -3.37. The summed E-state index contributed by atoms with van der Waals surface area (Å²) >= 11 is 0. The first-order valence-corrected chi connectivity index (χ1v) is 19.5. The van der Waals surface area contributed by atoms with Crippen LogP contribution in [0.2, 0.25) is 32.7 Å². The molecule has 3 aromatic carbocycles. The second-order valence-corrected chi connectivity index (χ2v) is 21.3. The summed E-state index contributed by atoms with van der Waals surface area (Å²) in [6, 6.07) is 24.7. The van der Waals surface area contributed by atoms with E-state index in [4.69, 9.17) is 9.40 Å². The quantitative estimate of drug-likeness (QED) is 0.231. The highest BCUT2D eigenvalue weighted by atomic mass is 28.3. The normalized spacial score (nSPS) is 12.7. The molecule has 5 rings (SSSR count). The first-order valence-electron chi connectivity index (χ1n) is 13.0. The number of pyridine rings is 1. The zero-order valence-electron chi connectivity index (χ0n) is 22.9. The van der Waals surface area contributed by atoms with Crippen molar-refractivity contribution in [2.45, 2.75) is 59.4 Å². The average molecular weight is 508 g/mol. The molecule has 0 radical (unpaired) electrons. The molecule has 0 spiro atoms. The molecule has 0 unspecified atom stereocenters. The van der Waals surface area contributed by atoms with Gasteiger partial charge in [0, 0.05) is 17.1 Å². The lowest BCUT2D eigenvalue weighted by molar-refractivity contribution is 0.646. The summed E-state index contributed by atoms with van der Waals surface area (Å²) in [5.74, 6) is 0.424. The lowest BCUT2D eigenvalue weighted by Crippen LogP contribution is -2.54. The Balaban J connectivity index is 1.67. The fourth-order valence-electron chi connectivity index (χ4n) is 5.42. The third-order valence-corrected chi connectivity index (χ3v) is 13.1. The molecule has 0 amide bonds. The molecule has 0 saturated heterocycles. The molecule has 184 valence electrons. The number of furan rings is 1. The van der Waals surface area contributed by atoms with Gasteiger partial charge in [0.2, 0.25) is 0 Å². The average Bonchev–Trinajstić information content (AvgIpc) is 3.20. The van der Waals surface area contributed by atoms with Crippen LogP contribution in [0.25, 0.3) is 33.0 Å². The molecule has 5 aromatic rings. The Morgan fingerprint density at radius 3 is 2.11 bits per heavy atom. The fraction of sp³-hybridized carbons (Fsp3) is 0.281. The van der Waals surface area contributed by atoms with Crippen LogP contribution >= 0.6 is 0 Å². The molecule has 4 heteroatoms. The lowest BCUT2D eigenvalue weighted by atomic mass is 9.92. The highest BCUT2D eigenvalue weighted by Crippen LogP contribution is 2.35. The highest BCUT2D eigenvalue weighted by Gasteiger charge is 2.33. The van der Waals surface area contributed by atoms with Crippen molar-refractivity contribution in [3.8, 4) is 11.3 Å². The number of fused-ring (bicyclic) bond motifs is 2. The van der Waals surface area contributed by atoms with E-state index in [1.165, 1.54) is 37.7 Å². The third kappa shape index (κ3) is 4.16. The third-order valence-electron chi connectivity index (χ3n) is 7.68. The Labute approximate surface area is 217 Å². The molecule has 2 heterocycles. The number of hydrogen-bond acceptors (Lipinski definition) is 2. The van der Waals surface area contributed by atoms with Gasteiger partial charge in [-0.05, 0) is 52.9 Å². The van der Waals surface area contributed by atoms with Crippen molar-refractivity contribution in [2.75, 3.05) is 0 Å². The van der Waals surface area contributed by atoms with Gasteiger partial charge in [-0.2, -0.15) is 0 Å². The minimum absolute atomic E-state index is 0.424. The number of aryl methyl sites for hydroxylation is 1. The van der Waals surface area contributed by atoms with Crippen molar-refractivity contribution in [2.24, 2.45) is 0 Å². The number of aromatic nitrogens is 1. The highest BCUT2D eigenvalue weighted by molar-refractivity contribution is 7.00. The minimum atomic E-state index is -2.04. The van der Waals surface area contributed by atoms with Gasteiger partial charge in [-0.25, -0.2) is 0 Å². The Kier molecular flexibility index (Phi) is 6.08. The lowest BCUT2D eigenvalue weighted by Gasteiger charge is -2.23. The van der Waals surface area contributed by atoms with Crippen LogP contribution in [0.5, 0.6) is 0 Å². The fourth-order valence-corrected chi connectivity index (χ4v) is 9.28. The first kappa shape index (κ1) is 24.7. The van der Waals surface area contributed by atoms with E-state index in [0.29, 0.717) is 5.92 Å². The molecule has 36 heavy (non-hydrogen) atoms. The van der Waals surface area contributed by atoms with Gasteiger partial charge in [-0.15, -0.1) is 0 Å². The first-order chi connectivity index (χ1) is 17.0. The minimum Gasteiger partial charge on any atom is -0.463 e. The maximum atomic E-state index is 6.82. The number of nitrogens with zero attached hydrogens (tertiary/aromatic N) is 1. The van der Waals surface area contributed by atoms with Gasteiger partial charge in [-0.1, -0.05) is 105 Å². The van der Waals surface area contributed by atoms with E-state index >= 15 is 0 Å². The van der Waals surface area contributed by atoms with E-state index < -0.39 is 16.1 Å². The Hall–Kier alpha value is -2.96. The molecule has 0 saturated carbocycles. The van der Waals surface area contributed by atoms with Crippen LogP contribution in [-0.4, -0.2) is 21.1 Å². The second kappa shape index (κ2) is 8.86. The summed E-state index contributed by atoms with van der Waals surface area (Å²) in [6.07, 6.45) is 1.94. The maximum Gasteiger partial charge on any atom is 0.160 e. The van der Waals surface area contributed by atoms with Crippen molar-refractivity contribution in [1.82, 2.24) is 4.98 Å². The van der Waals surface area contributed by atoms with E-state index in [1.807, 2.05) is 6.20 Å². The van der Waals surface area contributed by atoms with E-state index in [2.05, 4.69) is 120 Å². The number of hydrogen-bond donors (Lipinski definition) is 0. The molecule has 2 aromatic heterocycles. The van der Waals surface area contributed by atoms with Crippen LogP contribution in [0.3, 0.4) is 0 Å². The van der Waals surface area contributed by atoms with Crippen molar-refractivity contribution >= 4 is 53.6 Å². The zero-order valence-corrected chi connectivity index (χ0v) is 24.9. The number of rotatable bonds is 5. The molecule has 0 aliphatic rings. The topological polar surface area (TPSA) is 26.0 Å². The van der Waals surface area contributed by atoms with E-state index in [1.54, 1.807) is 0 Å². The van der Waals surface area contributed by atoms with Crippen LogP contribution < -0.4 is 15.8 Å². The van der Waals surface area contributed by atoms with E-state index in [9.17, 15) is 0 Å². The summed E-state index contributed by atoms with van der Waals surface area (Å²) in [4.78, 5) is 4.86. The van der Waals surface area contributed by atoms with Crippen molar-refractivity contribution in [3.63, 3.8) is 0 Å². The van der Waals surface area contributed by atoms with Gasteiger partial charge >= 0.3 is 0 Å². The van der Waals surface area contributed by atoms with E-state index in [-0.39, 0.29) is 0 Å². The second-order valence-electron chi connectivity index (χ2n) is 12.0. The smallest absolute Gasteiger partial charge is 0.160 e. The van der Waals surface area contributed by atoms with Gasteiger partial charge in [-0.3, -0.25) is 4.98 Å². The molecule has 0 aliphatic carbocycles. The van der Waals surface area contributed by atoms with Crippen molar-refractivity contribution in [3.05, 3.63) is 84.1 Å². The monoisotopic (exact) mass is 507 g/mol. The summed E-state index contributed by atoms with van der Waals surface area (Å²) < 4.78 is 6.82. The SMILES string of the molecule is Cc1c([Si](C)(C)c2ccc([Si](C)(C)C)cc2)oc2c(-c3cc(C(C)C)c4ccccc4c3)nccc12. The van der Waals surface area contributed by atoms with Gasteiger partial charge in [0.05, 0.1) is 13.5 Å². The number of benzene rings is 3. The van der Waals surface area contributed by atoms with Crippen LogP contribution in [0.4, 0.5) is 0 Å². The molecule has 2 nitrogen and oxygen atoms in total. The van der Waals surface area contributed by atoms with Crippen LogP contribution in [0, 0.1) is 6.92 Å². The summed E-state index contributed by atoms with van der Waals surface area (Å²) in [6.45, 7) is 18.8. The van der Waals surface area contributed by atoms with Gasteiger partial charge < -0.3 is 4.42 Å². The van der Waals surface area contributed by atoms with Gasteiger partial charge in [0.1, 0.15) is 5.69 Å². The van der Waals surface area contributed by atoms with Gasteiger partial charge in [0.15, 0.2) is 13.7 Å². The Bertz CT molecular complexity index is 1570. The van der Waals surface area contributed by atoms with Crippen molar-refractivity contribution in [1.29, 1.82) is 0 Å². The Morgan fingerprint density at radius 2 is 1.44 bits per heavy atom. The molecule has 0 aliphatic heterocycles. The standard InChI is InChI=1S/C32H37NOSi2/c1-21(2)29-20-24(19-23-11-9-10-12-28(23)29)30-31-27(17-18-33-30)22(3)32(34-31)36(7,8)26-15-13-25(14-16-26)35(4,5)6/h9-21H,1-8H3. The largest absolute Gasteiger partial charge is 0.463 e. The molecule has 0 atom stereocenters. The predicted octanol–water partition coefficient (Wildman–Crippen LogP) is 7.45. The molecular formula is C32H37NOSi2. The van der Waals surface area contributed by atoms with Crippen LogP contribution in [-0.2, 0) is 0 Å². The molecular weight excluding hydrogens is 471 g/mol. The van der Waals surface area contributed by atoms with Crippen LogP contribution in [0.15, 0.2) is 77.3 Å². The van der Waals surface area contributed by atoms with Gasteiger partial charge in [0.25, 0.3) is 0 Å². The summed E-state index contributed by atoms with van der Waals surface area (Å²) in [5.41, 5.74) is 5.58. The predicted molar refractivity (Wildman–Crippen MR) is 162 cm³/mol. The van der Waals surface area contributed by atoms with Crippen LogP contribution in [0.1, 0.15) is 30.9 Å². The van der Waals surface area contributed by atoms with Crippen molar-refractivity contribution < 1.29 is 4.42 Å².